The molecule has 1 aromatic heterocycles. The summed E-state index contributed by atoms with van der Waals surface area (Å²) in [5.74, 6) is 0. The fourth-order valence-electron chi connectivity index (χ4n) is 2.93. The zero-order valence-corrected chi connectivity index (χ0v) is 11.8. The second kappa shape index (κ2) is 5.38. The zero-order chi connectivity index (χ0) is 14.0. The van der Waals surface area contributed by atoms with Gasteiger partial charge >= 0.3 is 0 Å². The van der Waals surface area contributed by atoms with Crippen LogP contribution in [-0.2, 0) is 10.3 Å². The summed E-state index contributed by atoms with van der Waals surface area (Å²) in [5.41, 5.74) is 8.53. The third-order valence-corrected chi connectivity index (χ3v) is 4.14. The first kappa shape index (κ1) is 13.3. The SMILES string of the molecule is CC1(n2cncc2C(N)c2ccccc2)CCCOC1. The Morgan fingerprint density at radius 2 is 2.15 bits per heavy atom. The molecule has 0 bridgehead atoms. The second-order valence-corrected chi connectivity index (χ2v) is 5.73. The van der Waals surface area contributed by atoms with Crippen molar-refractivity contribution in [3.8, 4) is 0 Å². The fourth-order valence-corrected chi connectivity index (χ4v) is 2.93. The molecule has 0 radical (unpaired) electrons. The zero-order valence-electron chi connectivity index (χ0n) is 11.8. The van der Waals surface area contributed by atoms with Crippen LogP contribution in [0.5, 0.6) is 0 Å². The molecular weight excluding hydrogens is 250 g/mol. The van der Waals surface area contributed by atoms with E-state index in [1.807, 2.05) is 30.7 Å². The average molecular weight is 271 g/mol. The maximum absolute atomic E-state index is 6.43. The minimum absolute atomic E-state index is 0.0452. The Morgan fingerprint density at radius 1 is 1.35 bits per heavy atom. The molecule has 1 aliphatic heterocycles. The van der Waals surface area contributed by atoms with E-state index in [4.69, 9.17) is 10.5 Å². The molecule has 4 heteroatoms. The highest BCUT2D eigenvalue weighted by atomic mass is 16.5. The van der Waals surface area contributed by atoms with Gasteiger partial charge in [0.05, 0.1) is 36.4 Å². The summed E-state index contributed by atoms with van der Waals surface area (Å²) in [6.07, 6.45) is 5.93. The quantitative estimate of drug-likeness (QED) is 0.933. The Hall–Kier alpha value is -1.65. The summed E-state index contributed by atoms with van der Waals surface area (Å²) in [5, 5.41) is 0. The van der Waals surface area contributed by atoms with E-state index in [9.17, 15) is 0 Å². The molecule has 0 aliphatic carbocycles. The largest absolute Gasteiger partial charge is 0.379 e. The van der Waals surface area contributed by atoms with Gasteiger partial charge in [0.15, 0.2) is 0 Å². The summed E-state index contributed by atoms with van der Waals surface area (Å²) < 4.78 is 7.86. The van der Waals surface area contributed by atoms with Crippen molar-refractivity contribution < 1.29 is 4.74 Å². The van der Waals surface area contributed by atoms with Gasteiger partial charge in [-0.05, 0) is 25.3 Å². The van der Waals surface area contributed by atoms with Crippen LogP contribution in [-0.4, -0.2) is 22.8 Å². The number of nitrogens with two attached hydrogens (primary N) is 1. The number of nitrogens with zero attached hydrogens (tertiary/aromatic N) is 2. The predicted molar refractivity (Wildman–Crippen MR) is 78.4 cm³/mol. The minimum atomic E-state index is -0.155. The first-order chi connectivity index (χ1) is 9.71. The van der Waals surface area contributed by atoms with E-state index in [2.05, 4.69) is 28.6 Å². The van der Waals surface area contributed by atoms with Crippen molar-refractivity contribution in [2.24, 2.45) is 5.73 Å². The summed E-state index contributed by atoms with van der Waals surface area (Å²) in [7, 11) is 0. The van der Waals surface area contributed by atoms with E-state index in [1.165, 1.54) is 0 Å². The normalized spacial score (nSPS) is 24.5. The number of imidazole rings is 1. The molecule has 0 saturated carbocycles. The third-order valence-electron chi connectivity index (χ3n) is 4.14. The molecule has 3 rings (SSSR count). The lowest BCUT2D eigenvalue weighted by Crippen LogP contribution is -2.40. The highest BCUT2D eigenvalue weighted by Gasteiger charge is 2.32. The second-order valence-electron chi connectivity index (χ2n) is 5.73. The van der Waals surface area contributed by atoms with Crippen LogP contribution in [0.4, 0.5) is 0 Å². The Bertz CT molecular complexity index is 558. The molecule has 106 valence electrons. The lowest BCUT2D eigenvalue weighted by molar-refractivity contribution is 0.00804. The number of ether oxygens (including phenoxy) is 1. The summed E-state index contributed by atoms with van der Waals surface area (Å²) in [6.45, 7) is 3.79. The van der Waals surface area contributed by atoms with E-state index < -0.39 is 0 Å². The van der Waals surface area contributed by atoms with Gasteiger partial charge in [0.25, 0.3) is 0 Å². The molecule has 2 unspecified atom stereocenters. The summed E-state index contributed by atoms with van der Waals surface area (Å²) in [6, 6.07) is 9.99. The lowest BCUT2D eigenvalue weighted by Gasteiger charge is -2.36. The Labute approximate surface area is 119 Å². The van der Waals surface area contributed by atoms with Gasteiger partial charge in [-0.25, -0.2) is 4.98 Å². The molecule has 2 N–H and O–H groups in total. The van der Waals surface area contributed by atoms with Gasteiger partial charge in [0, 0.05) is 6.61 Å². The van der Waals surface area contributed by atoms with E-state index >= 15 is 0 Å². The average Bonchev–Trinajstić information content (AvgIpc) is 2.98. The van der Waals surface area contributed by atoms with Crippen molar-refractivity contribution in [2.45, 2.75) is 31.3 Å². The van der Waals surface area contributed by atoms with Crippen molar-refractivity contribution in [2.75, 3.05) is 13.2 Å². The van der Waals surface area contributed by atoms with Gasteiger partial charge in [0.2, 0.25) is 0 Å². The molecule has 2 atom stereocenters. The van der Waals surface area contributed by atoms with Crippen molar-refractivity contribution >= 4 is 0 Å². The number of rotatable bonds is 3. The number of hydrogen-bond acceptors (Lipinski definition) is 3. The van der Waals surface area contributed by atoms with Crippen LogP contribution < -0.4 is 5.73 Å². The number of aromatic nitrogens is 2. The smallest absolute Gasteiger partial charge is 0.0954 e. The van der Waals surface area contributed by atoms with Crippen molar-refractivity contribution in [3.63, 3.8) is 0 Å². The first-order valence-electron chi connectivity index (χ1n) is 7.12. The van der Waals surface area contributed by atoms with Gasteiger partial charge in [-0.15, -0.1) is 0 Å². The van der Waals surface area contributed by atoms with Crippen LogP contribution >= 0.6 is 0 Å². The van der Waals surface area contributed by atoms with Crippen LogP contribution in [0.1, 0.15) is 37.1 Å². The van der Waals surface area contributed by atoms with Crippen LogP contribution in [0.25, 0.3) is 0 Å². The van der Waals surface area contributed by atoms with Crippen molar-refractivity contribution in [3.05, 3.63) is 54.1 Å². The molecule has 2 aromatic rings. The first-order valence-corrected chi connectivity index (χ1v) is 7.12. The predicted octanol–water partition coefficient (Wildman–Crippen LogP) is 2.46. The van der Waals surface area contributed by atoms with Gasteiger partial charge in [-0.3, -0.25) is 0 Å². The molecular formula is C16H21N3O. The lowest BCUT2D eigenvalue weighted by atomic mass is 9.93. The topological polar surface area (TPSA) is 53.1 Å². The monoisotopic (exact) mass is 271 g/mol. The molecule has 20 heavy (non-hydrogen) atoms. The molecule has 1 aliphatic rings. The molecule has 1 aromatic carbocycles. The maximum atomic E-state index is 6.43. The van der Waals surface area contributed by atoms with Crippen LogP contribution in [0.15, 0.2) is 42.9 Å². The molecule has 0 spiro atoms. The number of hydrogen-bond donors (Lipinski definition) is 1. The van der Waals surface area contributed by atoms with Gasteiger partial charge in [0.1, 0.15) is 0 Å². The highest BCUT2D eigenvalue weighted by Crippen LogP contribution is 2.31. The van der Waals surface area contributed by atoms with Crippen molar-refractivity contribution in [1.29, 1.82) is 0 Å². The van der Waals surface area contributed by atoms with Gasteiger partial charge < -0.3 is 15.0 Å². The Morgan fingerprint density at radius 3 is 2.85 bits per heavy atom. The van der Waals surface area contributed by atoms with Crippen molar-refractivity contribution in [1.82, 2.24) is 9.55 Å². The van der Waals surface area contributed by atoms with E-state index in [-0.39, 0.29) is 11.6 Å². The molecule has 2 heterocycles. The van der Waals surface area contributed by atoms with E-state index in [0.29, 0.717) is 0 Å². The summed E-state index contributed by atoms with van der Waals surface area (Å²) in [4.78, 5) is 4.32. The molecule has 1 fully saturated rings. The van der Waals surface area contributed by atoms with Gasteiger partial charge in [-0.1, -0.05) is 30.3 Å². The molecule has 0 amide bonds. The Balaban J connectivity index is 1.94. The molecule has 1 saturated heterocycles. The standard InChI is InChI=1S/C16H21N3O/c1-16(8-5-9-20-11-16)19-12-18-10-14(19)15(17)13-6-3-2-4-7-13/h2-4,6-7,10,12,15H,5,8-9,11,17H2,1H3. The van der Waals surface area contributed by atoms with Gasteiger partial charge in [-0.2, -0.15) is 0 Å². The van der Waals surface area contributed by atoms with Crippen LogP contribution in [0, 0.1) is 0 Å². The van der Waals surface area contributed by atoms with E-state index in [0.717, 1.165) is 37.3 Å². The minimum Gasteiger partial charge on any atom is -0.379 e. The molecule has 4 nitrogen and oxygen atoms in total. The van der Waals surface area contributed by atoms with Crippen LogP contribution in [0.2, 0.25) is 0 Å². The Kier molecular flexibility index (Phi) is 3.59. The number of benzene rings is 1. The third kappa shape index (κ3) is 2.37. The summed E-state index contributed by atoms with van der Waals surface area (Å²) >= 11 is 0. The fraction of sp³-hybridized carbons (Fsp3) is 0.438. The maximum Gasteiger partial charge on any atom is 0.0954 e. The highest BCUT2D eigenvalue weighted by molar-refractivity contribution is 5.27. The van der Waals surface area contributed by atoms with Crippen LogP contribution in [0.3, 0.4) is 0 Å². The van der Waals surface area contributed by atoms with E-state index in [1.54, 1.807) is 0 Å².